The van der Waals surface area contributed by atoms with E-state index in [-0.39, 0.29) is 27.2 Å². The average Bonchev–Trinajstić information content (AvgIpc) is 2.25. The topological polar surface area (TPSA) is 132 Å². The van der Waals surface area contributed by atoms with E-state index < -0.39 is 5.91 Å². The summed E-state index contributed by atoms with van der Waals surface area (Å²) in [6.07, 6.45) is 0. The Kier molecular flexibility index (Phi) is 3.53. The van der Waals surface area contributed by atoms with Crippen LogP contribution in [0, 0.1) is 0 Å². The van der Waals surface area contributed by atoms with E-state index in [0.717, 1.165) is 0 Å². The average molecular weight is 251 g/mol. The number of hydrogen-bond donors (Lipinski definition) is 5. The molecule has 1 aromatic rings. The molecule has 1 heterocycles. The van der Waals surface area contributed by atoms with Gasteiger partial charge >= 0.3 is 0 Å². The number of nitrogen functional groups attached to an aromatic ring is 3. The van der Waals surface area contributed by atoms with Gasteiger partial charge in [0.15, 0.2) is 11.5 Å². The normalized spacial score (nSPS) is 9.87. The number of amides is 1. The zero-order valence-electron chi connectivity index (χ0n) is 7.34. The Morgan fingerprint density at radius 1 is 1.27 bits per heavy atom. The number of carbonyl (C=O) groups is 1. The van der Waals surface area contributed by atoms with E-state index in [0.29, 0.717) is 0 Å². The highest BCUT2D eigenvalue weighted by Gasteiger charge is 2.19. The minimum absolute atomic E-state index is 0.000108. The van der Waals surface area contributed by atoms with Gasteiger partial charge in [-0.1, -0.05) is 23.2 Å². The molecule has 0 unspecified atom stereocenters. The van der Waals surface area contributed by atoms with Crippen molar-refractivity contribution >= 4 is 40.6 Å². The summed E-state index contributed by atoms with van der Waals surface area (Å²) < 4.78 is 0. The van der Waals surface area contributed by atoms with Gasteiger partial charge in [0.1, 0.15) is 5.02 Å². The van der Waals surface area contributed by atoms with Crippen molar-refractivity contribution in [2.45, 2.75) is 0 Å². The van der Waals surface area contributed by atoms with E-state index in [1.54, 1.807) is 0 Å². The summed E-state index contributed by atoms with van der Waals surface area (Å²) in [6.45, 7) is 0. The highest BCUT2D eigenvalue weighted by atomic mass is 35.5. The number of anilines is 2. The van der Waals surface area contributed by atoms with Crippen LogP contribution in [0.5, 0.6) is 0 Å². The molecule has 7 nitrogen and oxygen atoms in total. The number of nitrogens with two attached hydrogens (primary N) is 3. The van der Waals surface area contributed by atoms with Gasteiger partial charge in [0.2, 0.25) is 0 Å². The molecule has 0 fully saturated rings. The minimum Gasteiger partial charge on any atom is -0.396 e. The Hall–Kier alpha value is -1.28. The van der Waals surface area contributed by atoms with Gasteiger partial charge in [0.25, 0.3) is 5.91 Å². The van der Waals surface area contributed by atoms with Gasteiger partial charge in [0.05, 0.1) is 10.7 Å². The fourth-order valence-corrected chi connectivity index (χ4v) is 1.34. The smallest absolute Gasteiger partial charge is 0.285 e. The van der Waals surface area contributed by atoms with Crippen molar-refractivity contribution in [3.63, 3.8) is 0 Å². The Morgan fingerprint density at radius 3 is 2.33 bits per heavy atom. The third-order valence-corrected chi connectivity index (χ3v) is 2.36. The van der Waals surface area contributed by atoms with Crippen molar-refractivity contribution in [2.24, 2.45) is 11.7 Å². The highest BCUT2D eigenvalue weighted by Crippen LogP contribution is 2.34. The third kappa shape index (κ3) is 2.05. The van der Waals surface area contributed by atoms with Crippen LogP contribution in [0.15, 0.2) is 0 Å². The van der Waals surface area contributed by atoms with Crippen molar-refractivity contribution in [3.8, 4) is 0 Å². The molecular weight excluding hydrogens is 243 g/mol. The molecule has 0 aliphatic rings. The predicted octanol–water partition coefficient (Wildman–Crippen LogP) is -0.140. The van der Waals surface area contributed by atoms with Gasteiger partial charge in [0, 0.05) is 0 Å². The number of rotatable bonds is 2. The molecule has 15 heavy (non-hydrogen) atoms. The fourth-order valence-electron chi connectivity index (χ4n) is 0.876. The molecule has 1 amide bonds. The fraction of sp³-hybridized carbons (Fsp3) is 0. The maximum atomic E-state index is 11.2. The van der Waals surface area contributed by atoms with Crippen molar-refractivity contribution in [1.29, 1.82) is 0 Å². The van der Waals surface area contributed by atoms with E-state index in [9.17, 15) is 4.79 Å². The number of nitrogens with zero attached hydrogens (tertiary/aromatic N) is 1. The molecule has 0 saturated heterocycles. The largest absolute Gasteiger partial charge is 0.396 e. The second-order valence-electron chi connectivity index (χ2n) is 2.47. The van der Waals surface area contributed by atoms with Gasteiger partial charge in [-0.25, -0.2) is 16.7 Å². The van der Waals surface area contributed by atoms with Gasteiger partial charge in [-0.15, -0.1) is 0 Å². The first-order valence-corrected chi connectivity index (χ1v) is 4.40. The van der Waals surface area contributed by atoms with E-state index in [1.807, 2.05) is 5.43 Å². The number of aromatic nitrogens is 1. The quantitative estimate of drug-likeness (QED) is 0.282. The van der Waals surface area contributed by atoms with E-state index >= 15 is 0 Å². The Labute approximate surface area is 94.8 Å². The lowest BCUT2D eigenvalue weighted by Gasteiger charge is -2.10. The molecule has 0 atom stereocenters. The number of pyridine rings is 1. The van der Waals surface area contributed by atoms with Crippen LogP contribution in [-0.2, 0) is 0 Å². The number of hydrazine groups is 2. The van der Waals surface area contributed by atoms with Crippen LogP contribution >= 0.6 is 23.2 Å². The van der Waals surface area contributed by atoms with Crippen molar-refractivity contribution < 1.29 is 4.79 Å². The summed E-state index contributed by atoms with van der Waals surface area (Å²) >= 11 is 11.5. The summed E-state index contributed by atoms with van der Waals surface area (Å²) in [5, 5.41) is -0.0435. The highest BCUT2D eigenvalue weighted by molar-refractivity contribution is 6.41. The Bertz CT molecular complexity index is 409. The van der Waals surface area contributed by atoms with Crippen molar-refractivity contribution in [2.75, 3.05) is 11.2 Å². The zero-order valence-corrected chi connectivity index (χ0v) is 8.86. The first-order chi connectivity index (χ1) is 7.02. The molecule has 1 rings (SSSR count). The summed E-state index contributed by atoms with van der Waals surface area (Å²) in [7, 11) is 0. The maximum absolute atomic E-state index is 11.2. The number of halogens is 2. The van der Waals surface area contributed by atoms with Crippen LogP contribution < -0.4 is 28.3 Å². The van der Waals surface area contributed by atoms with Crippen LogP contribution in [0.1, 0.15) is 10.5 Å². The summed E-state index contributed by atoms with van der Waals surface area (Å²) in [5.74, 6) is 9.40. The lowest BCUT2D eigenvalue weighted by molar-refractivity contribution is 0.0949. The number of hydrogen-bond acceptors (Lipinski definition) is 6. The molecule has 0 bridgehead atoms. The van der Waals surface area contributed by atoms with E-state index in [1.165, 1.54) is 0 Å². The third-order valence-electron chi connectivity index (χ3n) is 1.60. The van der Waals surface area contributed by atoms with Gasteiger partial charge < -0.3 is 11.2 Å². The lowest BCUT2D eigenvalue weighted by Crippen LogP contribution is -2.31. The number of nitrogens with one attached hydrogen (secondary N) is 2. The summed E-state index contributed by atoms with van der Waals surface area (Å²) in [4.78, 5) is 15.0. The standard InChI is InChI=1S/C6H8Cl2N6O/c7-1-3(9)2(8)5(13-10)12-4(1)6(15)14-11/h10-11H2,(H,14,15)(H3,9,12,13). The molecule has 1 aromatic heterocycles. The van der Waals surface area contributed by atoms with Gasteiger partial charge in [-0.3, -0.25) is 10.2 Å². The Morgan fingerprint density at radius 2 is 1.87 bits per heavy atom. The zero-order chi connectivity index (χ0) is 11.6. The molecule has 0 saturated carbocycles. The first kappa shape index (κ1) is 11.8. The second-order valence-corrected chi connectivity index (χ2v) is 3.22. The molecule has 0 aliphatic carbocycles. The molecule has 0 spiro atoms. The maximum Gasteiger partial charge on any atom is 0.285 e. The van der Waals surface area contributed by atoms with Crippen LogP contribution in [-0.4, -0.2) is 10.9 Å². The lowest BCUT2D eigenvalue weighted by atomic mass is 10.3. The molecule has 9 heteroatoms. The molecule has 82 valence electrons. The van der Waals surface area contributed by atoms with Crippen molar-refractivity contribution in [1.82, 2.24) is 10.4 Å². The molecule has 0 aromatic carbocycles. The van der Waals surface area contributed by atoms with Crippen LogP contribution in [0.3, 0.4) is 0 Å². The summed E-state index contributed by atoms with van der Waals surface area (Å²) in [6, 6.07) is 0. The number of carbonyl (C=O) groups excluding carboxylic acids is 1. The summed E-state index contributed by atoms with van der Waals surface area (Å²) in [5.41, 5.74) is 9.42. The van der Waals surface area contributed by atoms with Crippen LogP contribution in [0.25, 0.3) is 0 Å². The van der Waals surface area contributed by atoms with Crippen molar-refractivity contribution in [3.05, 3.63) is 15.7 Å². The first-order valence-electron chi connectivity index (χ1n) is 3.65. The monoisotopic (exact) mass is 250 g/mol. The van der Waals surface area contributed by atoms with E-state index in [4.69, 9.17) is 40.6 Å². The van der Waals surface area contributed by atoms with Crippen LogP contribution in [0.2, 0.25) is 10.0 Å². The minimum atomic E-state index is -0.695. The van der Waals surface area contributed by atoms with E-state index in [2.05, 4.69) is 10.4 Å². The molecular formula is C6H8Cl2N6O. The van der Waals surface area contributed by atoms with Gasteiger partial charge in [-0.2, -0.15) is 0 Å². The van der Waals surface area contributed by atoms with Gasteiger partial charge in [-0.05, 0) is 0 Å². The SMILES string of the molecule is NNC(=O)c1nc(NN)c(Cl)c(N)c1Cl. The Balaban J connectivity index is 3.41. The molecule has 0 aliphatic heterocycles. The molecule has 8 N–H and O–H groups in total. The predicted molar refractivity (Wildman–Crippen MR) is 58.1 cm³/mol. The van der Waals surface area contributed by atoms with Crippen LogP contribution in [0.4, 0.5) is 11.5 Å². The molecule has 0 radical (unpaired) electrons. The second kappa shape index (κ2) is 4.49.